The first-order valence-corrected chi connectivity index (χ1v) is 4.80. The van der Waals surface area contributed by atoms with Crippen LogP contribution in [0.15, 0.2) is 18.3 Å². The van der Waals surface area contributed by atoms with Crippen LogP contribution in [0.4, 0.5) is 11.5 Å². The molecule has 1 aromatic rings. The average Bonchev–Trinajstić information content (AvgIpc) is 2.01. The van der Waals surface area contributed by atoms with E-state index in [-0.39, 0.29) is 0 Å². The van der Waals surface area contributed by atoms with Crippen LogP contribution in [0.2, 0.25) is 0 Å². The van der Waals surface area contributed by atoms with Gasteiger partial charge in [0, 0.05) is 24.5 Å². The normalized spacial score (nSPS) is 16.6. The van der Waals surface area contributed by atoms with Crippen molar-refractivity contribution in [3.8, 4) is 0 Å². The van der Waals surface area contributed by atoms with E-state index < -0.39 is 0 Å². The van der Waals surface area contributed by atoms with E-state index in [2.05, 4.69) is 10.3 Å². The first-order valence-electron chi connectivity index (χ1n) is 4.80. The second kappa shape index (κ2) is 3.64. The molecule has 0 aliphatic heterocycles. The van der Waals surface area contributed by atoms with Crippen LogP contribution in [0.1, 0.15) is 19.3 Å². The fourth-order valence-electron chi connectivity index (χ4n) is 1.52. The molecular formula is C10H15N3. The molecule has 0 spiro atoms. The molecule has 70 valence electrons. The summed E-state index contributed by atoms with van der Waals surface area (Å²) in [5.41, 5.74) is 6.64. The third-order valence-electron chi connectivity index (χ3n) is 2.60. The Bertz CT molecular complexity index is 281. The number of nitrogens with zero attached hydrogens (tertiary/aromatic N) is 1. The molecular weight excluding hydrogens is 162 g/mol. The van der Waals surface area contributed by atoms with Gasteiger partial charge in [0.25, 0.3) is 0 Å². The molecule has 1 aromatic heterocycles. The summed E-state index contributed by atoms with van der Waals surface area (Å²) in [6.07, 6.45) is 5.87. The van der Waals surface area contributed by atoms with Gasteiger partial charge in [-0.3, -0.25) is 0 Å². The summed E-state index contributed by atoms with van der Waals surface area (Å²) >= 11 is 0. The van der Waals surface area contributed by atoms with Gasteiger partial charge in [-0.05, 0) is 24.8 Å². The lowest BCUT2D eigenvalue weighted by molar-refractivity contribution is 0.333. The Morgan fingerprint density at radius 2 is 2.38 bits per heavy atom. The van der Waals surface area contributed by atoms with Crippen molar-refractivity contribution in [1.29, 1.82) is 0 Å². The molecule has 0 radical (unpaired) electrons. The Morgan fingerprint density at radius 3 is 3.00 bits per heavy atom. The van der Waals surface area contributed by atoms with Gasteiger partial charge in [-0.25, -0.2) is 4.98 Å². The van der Waals surface area contributed by atoms with Crippen molar-refractivity contribution in [2.75, 3.05) is 17.6 Å². The van der Waals surface area contributed by atoms with E-state index in [4.69, 9.17) is 5.73 Å². The number of anilines is 2. The van der Waals surface area contributed by atoms with Crippen LogP contribution in [-0.2, 0) is 0 Å². The number of hydrogen-bond donors (Lipinski definition) is 2. The molecule has 0 bridgehead atoms. The summed E-state index contributed by atoms with van der Waals surface area (Å²) in [5.74, 6) is 1.45. The molecule has 0 saturated heterocycles. The van der Waals surface area contributed by atoms with Crippen LogP contribution >= 0.6 is 0 Å². The molecule has 0 aromatic carbocycles. The fraction of sp³-hybridized carbons (Fsp3) is 0.500. The highest BCUT2D eigenvalue weighted by Gasteiger charge is 2.16. The van der Waals surface area contributed by atoms with E-state index in [0.29, 0.717) is 5.82 Å². The van der Waals surface area contributed by atoms with Gasteiger partial charge in [0.05, 0.1) is 0 Å². The third kappa shape index (κ3) is 2.11. The molecule has 0 atom stereocenters. The molecule has 2 rings (SSSR count). The number of pyridine rings is 1. The molecule has 1 fully saturated rings. The second-order valence-electron chi connectivity index (χ2n) is 3.65. The van der Waals surface area contributed by atoms with Gasteiger partial charge in [0.1, 0.15) is 5.82 Å². The van der Waals surface area contributed by atoms with E-state index in [9.17, 15) is 0 Å². The Kier molecular flexibility index (Phi) is 2.34. The molecule has 1 saturated carbocycles. The van der Waals surface area contributed by atoms with Crippen molar-refractivity contribution in [2.24, 2.45) is 5.92 Å². The summed E-state index contributed by atoms with van der Waals surface area (Å²) < 4.78 is 0. The third-order valence-corrected chi connectivity index (χ3v) is 2.60. The van der Waals surface area contributed by atoms with E-state index >= 15 is 0 Å². The van der Waals surface area contributed by atoms with Crippen LogP contribution in [0.25, 0.3) is 0 Å². The number of nitrogen functional groups attached to an aromatic ring is 1. The molecule has 1 aliphatic carbocycles. The summed E-state index contributed by atoms with van der Waals surface area (Å²) in [7, 11) is 0. The zero-order valence-corrected chi connectivity index (χ0v) is 7.66. The summed E-state index contributed by atoms with van der Waals surface area (Å²) in [6.45, 7) is 1.07. The number of rotatable bonds is 3. The van der Waals surface area contributed by atoms with Crippen LogP contribution in [0.5, 0.6) is 0 Å². The molecule has 0 amide bonds. The lowest BCUT2D eigenvalue weighted by atomic mass is 9.85. The zero-order chi connectivity index (χ0) is 9.10. The topological polar surface area (TPSA) is 50.9 Å². The summed E-state index contributed by atoms with van der Waals surface area (Å²) in [6, 6.07) is 3.83. The minimum Gasteiger partial charge on any atom is -0.385 e. The SMILES string of the molecule is Nc1cc(NCC2CCC2)ccn1. The van der Waals surface area contributed by atoms with Crippen LogP contribution < -0.4 is 11.1 Å². The van der Waals surface area contributed by atoms with Crippen LogP contribution in [0.3, 0.4) is 0 Å². The van der Waals surface area contributed by atoms with Gasteiger partial charge in [0.15, 0.2) is 0 Å². The summed E-state index contributed by atoms with van der Waals surface area (Å²) in [4.78, 5) is 3.94. The van der Waals surface area contributed by atoms with Gasteiger partial charge in [-0.2, -0.15) is 0 Å². The monoisotopic (exact) mass is 177 g/mol. The number of aromatic nitrogens is 1. The predicted octanol–water partition coefficient (Wildman–Crippen LogP) is 1.88. The van der Waals surface area contributed by atoms with E-state index in [0.717, 1.165) is 18.2 Å². The van der Waals surface area contributed by atoms with Gasteiger partial charge in [-0.1, -0.05) is 6.42 Å². The van der Waals surface area contributed by atoms with Crippen molar-refractivity contribution in [2.45, 2.75) is 19.3 Å². The largest absolute Gasteiger partial charge is 0.385 e. The number of nitrogens with two attached hydrogens (primary N) is 1. The Labute approximate surface area is 78.4 Å². The molecule has 3 N–H and O–H groups in total. The Balaban J connectivity index is 1.86. The van der Waals surface area contributed by atoms with Crippen molar-refractivity contribution in [3.05, 3.63) is 18.3 Å². The lowest BCUT2D eigenvalue weighted by Crippen LogP contribution is -2.20. The second-order valence-corrected chi connectivity index (χ2v) is 3.65. The summed E-state index contributed by atoms with van der Waals surface area (Å²) in [5, 5.41) is 3.37. The highest BCUT2D eigenvalue weighted by Crippen LogP contribution is 2.26. The van der Waals surface area contributed by atoms with Crippen molar-refractivity contribution in [3.63, 3.8) is 0 Å². The minimum atomic E-state index is 0.582. The lowest BCUT2D eigenvalue weighted by Gasteiger charge is -2.25. The maximum Gasteiger partial charge on any atom is 0.125 e. The molecule has 3 nitrogen and oxygen atoms in total. The van der Waals surface area contributed by atoms with E-state index in [1.165, 1.54) is 19.3 Å². The molecule has 13 heavy (non-hydrogen) atoms. The average molecular weight is 177 g/mol. The van der Waals surface area contributed by atoms with Gasteiger partial charge in [-0.15, -0.1) is 0 Å². The van der Waals surface area contributed by atoms with E-state index in [1.54, 1.807) is 6.20 Å². The maximum atomic E-state index is 5.56. The maximum absolute atomic E-state index is 5.56. The first kappa shape index (κ1) is 8.35. The predicted molar refractivity (Wildman–Crippen MR) is 54.5 cm³/mol. The van der Waals surface area contributed by atoms with Crippen LogP contribution in [-0.4, -0.2) is 11.5 Å². The zero-order valence-electron chi connectivity index (χ0n) is 7.66. The molecule has 0 unspecified atom stereocenters. The highest BCUT2D eigenvalue weighted by molar-refractivity contribution is 5.49. The van der Waals surface area contributed by atoms with E-state index in [1.807, 2.05) is 12.1 Å². The highest BCUT2D eigenvalue weighted by atomic mass is 14.9. The van der Waals surface area contributed by atoms with Crippen molar-refractivity contribution >= 4 is 11.5 Å². The number of nitrogens with one attached hydrogen (secondary N) is 1. The smallest absolute Gasteiger partial charge is 0.125 e. The van der Waals surface area contributed by atoms with Crippen LogP contribution in [0, 0.1) is 5.92 Å². The standard InChI is InChI=1S/C10H15N3/c11-10-6-9(4-5-12-10)13-7-8-2-1-3-8/h4-6,8H,1-3,7H2,(H3,11,12,13). The number of hydrogen-bond acceptors (Lipinski definition) is 3. The van der Waals surface area contributed by atoms with Gasteiger partial charge >= 0.3 is 0 Å². The fourth-order valence-corrected chi connectivity index (χ4v) is 1.52. The Hall–Kier alpha value is -1.25. The minimum absolute atomic E-state index is 0.582. The first-order chi connectivity index (χ1) is 6.34. The molecule has 3 heteroatoms. The van der Waals surface area contributed by atoms with Crippen molar-refractivity contribution in [1.82, 2.24) is 4.98 Å². The van der Waals surface area contributed by atoms with Gasteiger partial charge in [0.2, 0.25) is 0 Å². The molecule has 1 aliphatic rings. The van der Waals surface area contributed by atoms with Crippen molar-refractivity contribution < 1.29 is 0 Å². The van der Waals surface area contributed by atoms with Gasteiger partial charge < -0.3 is 11.1 Å². The molecule has 1 heterocycles. The quantitative estimate of drug-likeness (QED) is 0.741. The Morgan fingerprint density at radius 1 is 1.54 bits per heavy atom.